The summed E-state index contributed by atoms with van der Waals surface area (Å²) < 4.78 is 1.67. The number of aliphatic hydroxyl groups excluding tert-OH is 1. The third-order valence-electron chi connectivity index (χ3n) is 4.01. The van der Waals surface area contributed by atoms with Crippen molar-refractivity contribution in [2.45, 2.75) is 45.1 Å². The van der Waals surface area contributed by atoms with Crippen LogP contribution < -0.4 is 0 Å². The predicted molar refractivity (Wildman–Crippen MR) is 82.6 cm³/mol. The van der Waals surface area contributed by atoms with Gasteiger partial charge in [-0.2, -0.15) is 5.10 Å². The third kappa shape index (κ3) is 2.52. The number of nitrogens with zero attached hydrogens (tertiary/aromatic N) is 2. The van der Waals surface area contributed by atoms with Crippen molar-refractivity contribution in [1.29, 1.82) is 0 Å². The molecular formula is C15H19ClN2OS. The highest BCUT2D eigenvalue weighted by atomic mass is 35.5. The minimum Gasteiger partial charge on any atom is -0.387 e. The van der Waals surface area contributed by atoms with E-state index in [0.717, 1.165) is 22.6 Å². The first-order valence-electron chi connectivity index (χ1n) is 7.03. The van der Waals surface area contributed by atoms with Gasteiger partial charge in [0.15, 0.2) is 0 Å². The van der Waals surface area contributed by atoms with Gasteiger partial charge < -0.3 is 5.11 Å². The van der Waals surface area contributed by atoms with Crippen molar-refractivity contribution in [3.63, 3.8) is 0 Å². The fourth-order valence-electron chi connectivity index (χ4n) is 2.88. The second-order valence-corrected chi connectivity index (χ2v) is 7.03. The van der Waals surface area contributed by atoms with Crippen LogP contribution in [0.25, 0.3) is 0 Å². The molecule has 20 heavy (non-hydrogen) atoms. The summed E-state index contributed by atoms with van der Waals surface area (Å²) in [6, 6.07) is 2.18. The van der Waals surface area contributed by atoms with Crippen molar-refractivity contribution in [1.82, 2.24) is 9.78 Å². The Kier molecular flexibility index (Phi) is 3.89. The average molecular weight is 311 g/mol. The summed E-state index contributed by atoms with van der Waals surface area (Å²) in [6.45, 7) is 1.94. The minimum atomic E-state index is -0.481. The molecule has 0 bridgehead atoms. The minimum absolute atomic E-state index is 0.481. The fourth-order valence-corrected chi connectivity index (χ4v) is 4.37. The van der Waals surface area contributed by atoms with Crippen molar-refractivity contribution >= 4 is 22.9 Å². The summed E-state index contributed by atoms with van der Waals surface area (Å²) in [4.78, 5) is 2.52. The van der Waals surface area contributed by atoms with Gasteiger partial charge >= 0.3 is 0 Å². The van der Waals surface area contributed by atoms with Gasteiger partial charge in [0.2, 0.25) is 0 Å². The monoisotopic (exact) mass is 310 g/mol. The van der Waals surface area contributed by atoms with Crippen LogP contribution in [-0.4, -0.2) is 14.9 Å². The number of fused-ring (bicyclic) bond motifs is 1. The van der Waals surface area contributed by atoms with Gasteiger partial charge in [0.05, 0.1) is 11.8 Å². The largest absolute Gasteiger partial charge is 0.387 e. The van der Waals surface area contributed by atoms with Gasteiger partial charge in [0.1, 0.15) is 5.15 Å². The zero-order valence-corrected chi connectivity index (χ0v) is 13.4. The van der Waals surface area contributed by atoms with E-state index in [1.807, 2.05) is 14.0 Å². The quantitative estimate of drug-likeness (QED) is 0.940. The van der Waals surface area contributed by atoms with Gasteiger partial charge in [-0.1, -0.05) is 11.6 Å². The molecule has 1 N–H and O–H groups in total. The molecule has 0 radical (unpaired) electrons. The lowest BCUT2D eigenvalue weighted by Gasteiger charge is -2.08. The van der Waals surface area contributed by atoms with Crippen molar-refractivity contribution < 1.29 is 5.11 Å². The molecule has 1 unspecified atom stereocenters. The number of aromatic nitrogens is 2. The summed E-state index contributed by atoms with van der Waals surface area (Å²) in [5.74, 6) is 0. The molecule has 108 valence electrons. The molecule has 0 saturated carbocycles. The van der Waals surface area contributed by atoms with E-state index in [1.165, 1.54) is 29.7 Å². The number of rotatable bonds is 3. The molecule has 1 aliphatic carbocycles. The molecule has 1 atom stereocenters. The number of aryl methyl sites for hydroxylation is 4. The van der Waals surface area contributed by atoms with Crippen LogP contribution in [0.2, 0.25) is 5.15 Å². The highest BCUT2D eigenvalue weighted by Gasteiger charge is 2.21. The summed E-state index contributed by atoms with van der Waals surface area (Å²) in [5, 5.41) is 15.4. The lowest BCUT2D eigenvalue weighted by Crippen LogP contribution is -2.01. The molecule has 5 heteroatoms. The van der Waals surface area contributed by atoms with Crippen LogP contribution in [-0.2, 0) is 26.3 Å². The summed E-state index contributed by atoms with van der Waals surface area (Å²) in [5.41, 5.74) is 3.29. The maximum atomic E-state index is 10.5. The van der Waals surface area contributed by atoms with E-state index >= 15 is 0 Å². The Hall–Kier alpha value is -0.840. The Bertz CT molecular complexity index is 609. The normalized spacial score (nSPS) is 16.2. The van der Waals surface area contributed by atoms with E-state index in [9.17, 15) is 5.11 Å². The molecule has 2 heterocycles. The maximum absolute atomic E-state index is 10.5. The Labute approximate surface area is 128 Å². The van der Waals surface area contributed by atoms with Crippen molar-refractivity contribution in [3.05, 3.63) is 37.8 Å². The highest BCUT2D eigenvalue weighted by molar-refractivity contribution is 7.12. The standard InChI is InChI=1S/C15H19ClN2OS/c1-9-11(15(16)18(2)17-9)8-12(19)14-7-10-5-3-4-6-13(10)20-14/h7,12,19H,3-6,8H2,1-2H3. The SMILES string of the molecule is Cc1nn(C)c(Cl)c1CC(O)c1cc2c(s1)CCCC2. The number of hydrogen-bond donors (Lipinski definition) is 1. The third-order valence-corrected chi connectivity index (χ3v) is 5.82. The summed E-state index contributed by atoms with van der Waals surface area (Å²) in [7, 11) is 1.83. The molecule has 2 aromatic heterocycles. The van der Waals surface area contributed by atoms with Crippen LogP contribution in [0.5, 0.6) is 0 Å². The van der Waals surface area contributed by atoms with Crippen LogP contribution in [0, 0.1) is 6.92 Å². The Balaban J connectivity index is 1.82. The van der Waals surface area contributed by atoms with Crippen LogP contribution in [0.3, 0.4) is 0 Å². The zero-order valence-electron chi connectivity index (χ0n) is 11.8. The fraction of sp³-hybridized carbons (Fsp3) is 0.533. The van der Waals surface area contributed by atoms with E-state index in [4.69, 9.17) is 11.6 Å². The average Bonchev–Trinajstić information content (AvgIpc) is 2.95. The topological polar surface area (TPSA) is 38.0 Å². The van der Waals surface area contributed by atoms with Gasteiger partial charge in [-0.25, -0.2) is 0 Å². The van der Waals surface area contributed by atoms with Gasteiger partial charge in [-0.15, -0.1) is 11.3 Å². The van der Waals surface area contributed by atoms with E-state index in [-0.39, 0.29) is 0 Å². The van der Waals surface area contributed by atoms with E-state index < -0.39 is 6.10 Å². The Morgan fingerprint density at radius 1 is 1.45 bits per heavy atom. The van der Waals surface area contributed by atoms with Gasteiger partial charge in [0.25, 0.3) is 0 Å². The van der Waals surface area contributed by atoms with Crippen molar-refractivity contribution in [3.8, 4) is 0 Å². The van der Waals surface area contributed by atoms with Crippen LogP contribution in [0.15, 0.2) is 6.07 Å². The van der Waals surface area contributed by atoms with Gasteiger partial charge in [-0.3, -0.25) is 4.68 Å². The van der Waals surface area contributed by atoms with Gasteiger partial charge in [-0.05, 0) is 44.2 Å². The second-order valence-electron chi connectivity index (χ2n) is 5.50. The number of aliphatic hydroxyl groups is 1. The maximum Gasteiger partial charge on any atom is 0.130 e. The van der Waals surface area contributed by atoms with Crippen molar-refractivity contribution in [2.75, 3.05) is 0 Å². The lowest BCUT2D eigenvalue weighted by atomic mass is 9.98. The number of halogens is 1. The summed E-state index contributed by atoms with van der Waals surface area (Å²) >= 11 is 8.00. The van der Waals surface area contributed by atoms with Crippen LogP contribution >= 0.6 is 22.9 Å². The zero-order chi connectivity index (χ0) is 14.3. The number of hydrogen-bond acceptors (Lipinski definition) is 3. The smallest absolute Gasteiger partial charge is 0.130 e. The molecule has 2 aromatic rings. The summed E-state index contributed by atoms with van der Waals surface area (Å²) in [6.07, 6.45) is 4.93. The Morgan fingerprint density at radius 3 is 2.85 bits per heavy atom. The predicted octanol–water partition coefficient (Wildman–Crippen LogP) is 3.60. The highest BCUT2D eigenvalue weighted by Crippen LogP contribution is 2.35. The molecular weight excluding hydrogens is 292 g/mol. The van der Waals surface area contributed by atoms with Crippen molar-refractivity contribution in [2.24, 2.45) is 7.05 Å². The Morgan fingerprint density at radius 2 is 2.20 bits per heavy atom. The molecule has 3 nitrogen and oxygen atoms in total. The van der Waals surface area contributed by atoms with E-state index in [0.29, 0.717) is 11.6 Å². The first-order chi connectivity index (χ1) is 9.56. The molecule has 0 fully saturated rings. The van der Waals surface area contributed by atoms with E-state index in [1.54, 1.807) is 16.0 Å². The molecule has 0 saturated heterocycles. The number of thiophene rings is 1. The molecule has 0 amide bonds. The van der Waals surface area contributed by atoms with E-state index in [2.05, 4.69) is 11.2 Å². The molecule has 1 aliphatic rings. The van der Waals surface area contributed by atoms with Crippen LogP contribution in [0.1, 0.15) is 45.5 Å². The molecule has 0 spiro atoms. The molecule has 0 aliphatic heterocycles. The first kappa shape index (κ1) is 14.1. The lowest BCUT2D eigenvalue weighted by molar-refractivity contribution is 0.182. The van der Waals surface area contributed by atoms with Gasteiger partial charge in [0, 0.05) is 28.8 Å². The molecule has 0 aromatic carbocycles. The first-order valence-corrected chi connectivity index (χ1v) is 8.23. The second kappa shape index (κ2) is 5.51. The molecule has 3 rings (SSSR count). The van der Waals surface area contributed by atoms with Crippen LogP contribution in [0.4, 0.5) is 0 Å².